The van der Waals surface area contributed by atoms with E-state index in [-0.39, 0.29) is 0 Å². The van der Waals surface area contributed by atoms with E-state index >= 15 is 0 Å². The normalized spacial score (nSPS) is 10.3. The third-order valence-corrected chi connectivity index (χ3v) is 2.92. The smallest absolute Gasteiger partial charge is 0.135 e. The zero-order chi connectivity index (χ0) is 14.2. The Balaban J connectivity index is 2.10. The van der Waals surface area contributed by atoms with Gasteiger partial charge in [-0.25, -0.2) is 19.9 Å². The van der Waals surface area contributed by atoms with E-state index in [1.54, 1.807) is 18.9 Å². The number of rotatable bonds is 7. The monoisotopic (exact) mass is 272 g/mol. The summed E-state index contributed by atoms with van der Waals surface area (Å²) in [6.45, 7) is 5.77. The van der Waals surface area contributed by atoms with E-state index < -0.39 is 0 Å². The number of anilines is 2. The molecule has 0 fully saturated rings. The van der Waals surface area contributed by atoms with Crippen LogP contribution in [0.25, 0.3) is 0 Å². The maximum Gasteiger partial charge on any atom is 0.135 e. The van der Waals surface area contributed by atoms with Crippen LogP contribution in [0, 0.1) is 0 Å². The van der Waals surface area contributed by atoms with Crippen molar-refractivity contribution in [1.82, 2.24) is 19.9 Å². The first-order valence-electron chi connectivity index (χ1n) is 6.91. The minimum Gasteiger partial charge on any atom is -0.370 e. The van der Waals surface area contributed by atoms with Gasteiger partial charge in [0.15, 0.2) is 0 Å². The molecule has 0 saturated carbocycles. The number of nitrogens with one attached hydrogen (secondary N) is 2. The number of aromatic nitrogens is 4. The first-order chi connectivity index (χ1) is 9.85. The van der Waals surface area contributed by atoms with Gasteiger partial charge in [0.1, 0.15) is 24.3 Å². The van der Waals surface area contributed by atoms with Crippen molar-refractivity contribution in [3.63, 3.8) is 0 Å². The molecule has 2 N–H and O–H groups in total. The molecule has 0 aliphatic carbocycles. The fraction of sp³-hybridized carbons (Fsp3) is 0.429. The first-order valence-corrected chi connectivity index (χ1v) is 6.91. The standard InChI is InChI=1S/C14H20N6/c1-3-6-16-13-12(4-2)14(20-10-19-13)17-8-11-5-7-15-9-18-11/h5,7,9-10H,3-4,6,8H2,1-2H3,(H2,16,17,19,20). The van der Waals surface area contributed by atoms with Crippen LogP contribution in [0.5, 0.6) is 0 Å². The summed E-state index contributed by atoms with van der Waals surface area (Å²) in [7, 11) is 0. The molecule has 2 aromatic heterocycles. The van der Waals surface area contributed by atoms with Crippen molar-refractivity contribution in [3.8, 4) is 0 Å². The van der Waals surface area contributed by atoms with Crippen LogP contribution in [0.4, 0.5) is 11.6 Å². The predicted octanol–water partition coefficient (Wildman–Crippen LogP) is 2.26. The van der Waals surface area contributed by atoms with Gasteiger partial charge >= 0.3 is 0 Å². The summed E-state index contributed by atoms with van der Waals surface area (Å²) in [5, 5.41) is 6.65. The highest BCUT2D eigenvalue weighted by Crippen LogP contribution is 2.20. The van der Waals surface area contributed by atoms with Gasteiger partial charge in [-0.15, -0.1) is 0 Å². The molecule has 0 spiro atoms. The molecule has 0 bridgehead atoms. The van der Waals surface area contributed by atoms with Crippen LogP contribution in [0.3, 0.4) is 0 Å². The molecule has 2 heterocycles. The lowest BCUT2D eigenvalue weighted by molar-refractivity contribution is 0.938. The first kappa shape index (κ1) is 14.2. The maximum atomic E-state index is 4.33. The molecule has 6 nitrogen and oxygen atoms in total. The fourth-order valence-corrected chi connectivity index (χ4v) is 1.89. The highest BCUT2D eigenvalue weighted by molar-refractivity contribution is 5.57. The summed E-state index contributed by atoms with van der Waals surface area (Å²) in [6.07, 6.45) is 6.81. The number of hydrogen-bond donors (Lipinski definition) is 2. The highest BCUT2D eigenvalue weighted by atomic mass is 15.1. The van der Waals surface area contributed by atoms with Crippen molar-refractivity contribution < 1.29 is 0 Å². The maximum absolute atomic E-state index is 4.33. The van der Waals surface area contributed by atoms with Gasteiger partial charge in [0.25, 0.3) is 0 Å². The second-order valence-corrected chi connectivity index (χ2v) is 4.38. The summed E-state index contributed by atoms with van der Waals surface area (Å²) in [5.41, 5.74) is 2.04. The second-order valence-electron chi connectivity index (χ2n) is 4.38. The molecule has 0 aliphatic heterocycles. The topological polar surface area (TPSA) is 75.6 Å². The number of nitrogens with zero attached hydrogens (tertiary/aromatic N) is 4. The molecule has 2 rings (SSSR count). The molecule has 0 saturated heterocycles. The molecule has 0 aromatic carbocycles. The summed E-state index contributed by atoms with van der Waals surface area (Å²) in [6, 6.07) is 1.88. The zero-order valence-electron chi connectivity index (χ0n) is 11.9. The van der Waals surface area contributed by atoms with Crippen molar-refractivity contribution in [3.05, 3.63) is 36.2 Å². The summed E-state index contributed by atoms with van der Waals surface area (Å²) in [5.74, 6) is 1.77. The zero-order valence-corrected chi connectivity index (χ0v) is 11.9. The Morgan fingerprint density at radius 1 is 1.00 bits per heavy atom. The van der Waals surface area contributed by atoms with Gasteiger partial charge in [-0.1, -0.05) is 13.8 Å². The van der Waals surface area contributed by atoms with Crippen molar-refractivity contribution in [2.75, 3.05) is 17.2 Å². The largest absolute Gasteiger partial charge is 0.370 e. The number of hydrogen-bond acceptors (Lipinski definition) is 6. The van der Waals surface area contributed by atoms with Gasteiger partial charge in [0, 0.05) is 18.3 Å². The van der Waals surface area contributed by atoms with Crippen molar-refractivity contribution in [2.45, 2.75) is 33.2 Å². The molecular formula is C14H20N6. The third-order valence-electron chi connectivity index (χ3n) is 2.92. The van der Waals surface area contributed by atoms with Gasteiger partial charge in [0.2, 0.25) is 0 Å². The molecule has 0 aliphatic rings. The average Bonchev–Trinajstić information content (AvgIpc) is 2.51. The Kier molecular flexibility index (Phi) is 5.23. The molecule has 6 heteroatoms. The lowest BCUT2D eigenvalue weighted by Crippen LogP contribution is -2.11. The van der Waals surface area contributed by atoms with Crippen LogP contribution in [-0.2, 0) is 13.0 Å². The van der Waals surface area contributed by atoms with Crippen LogP contribution in [0.15, 0.2) is 24.9 Å². The molecule has 0 radical (unpaired) electrons. The Morgan fingerprint density at radius 3 is 2.45 bits per heavy atom. The Labute approximate surface area is 119 Å². The van der Waals surface area contributed by atoms with Gasteiger partial charge in [0.05, 0.1) is 12.2 Å². The minimum atomic E-state index is 0.625. The summed E-state index contributed by atoms with van der Waals surface area (Å²) >= 11 is 0. The lowest BCUT2D eigenvalue weighted by atomic mass is 10.2. The van der Waals surface area contributed by atoms with Crippen molar-refractivity contribution in [2.24, 2.45) is 0 Å². The predicted molar refractivity (Wildman–Crippen MR) is 79.5 cm³/mol. The molecule has 2 aromatic rings. The average molecular weight is 272 g/mol. The van der Waals surface area contributed by atoms with E-state index in [1.165, 1.54) is 0 Å². The van der Waals surface area contributed by atoms with E-state index in [0.29, 0.717) is 6.54 Å². The Hall–Kier alpha value is -2.24. The van der Waals surface area contributed by atoms with Crippen molar-refractivity contribution in [1.29, 1.82) is 0 Å². The minimum absolute atomic E-state index is 0.625. The molecular weight excluding hydrogens is 252 g/mol. The van der Waals surface area contributed by atoms with E-state index in [9.17, 15) is 0 Å². The van der Waals surface area contributed by atoms with Crippen LogP contribution in [0.1, 0.15) is 31.5 Å². The third kappa shape index (κ3) is 3.63. The molecule has 0 atom stereocenters. The van der Waals surface area contributed by atoms with E-state index in [2.05, 4.69) is 44.4 Å². The molecule has 0 unspecified atom stereocenters. The molecule has 106 valence electrons. The van der Waals surface area contributed by atoms with Gasteiger partial charge in [-0.3, -0.25) is 0 Å². The SMILES string of the molecule is CCCNc1ncnc(NCc2ccncn2)c1CC. The van der Waals surface area contributed by atoms with Crippen LogP contribution in [-0.4, -0.2) is 26.5 Å². The quantitative estimate of drug-likeness (QED) is 0.805. The highest BCUT2D eigenvalue weighted by Gasteiger charge is 2.09. The van der Waals surface area contributed by atoms with Crippen LogP contribution < -0.4 is 10.6 Å². The fourth-order valence-electron chi connectivity index (χ4n) is 1.89. The summed E-state index contributed by atoms with van der Waals surface area (Å²) < 4.78 is 0. The van der Waals surface area contributed by atoms with Gasteiger partial charge in [-0.2, -0.15) is 0 Å². The second kappa shape index (κ2) is 7.37. The van der Waals surface area contributed by atoms with E-state index in [4.69, 9.17) is 0 Å². The lowest BCUT2D eigenvalue weighted by Gasteiger charge is -2.13. The van der Waals surface area contributed by atoms with E-state index in [0.717, 1.165) is 42.3 Å². The van der Waals surface area contributed by atoms with Crippen LogP contribution in [0.2, 0.25) is 0 Å². The molecule has 20 heavy (non-hydrogen) atoms. The van der Waals surface area contributed by atoms with Crippen molar-refractivity contribution >= 4 is 11.6 Å². The Morgan fingerprint density at radius 2 is 1.80 bits per heavy atom. The van der Waals surface area contributed by atoms with Gasteiger partial charge < -0.3 is 10.6 Å². The summed E-state index contributed by atoms with van der Waals surface area (Å²) in [4.78, 5) is 16.7. The van der Waals surface area contributed by atoms with Crippen LogP contribution >= 0.6 is 0 Å². The van der Waals surface area contributed by atoms with Gasteiger partial charge in [-0.05, 0) is 18.9 Å². The van der Waals surface area contributed by atoms with E-state index in [1.807, 2.05) is 6.07 Å². The molecule has 0 amide bonds. The Bertz CT molecular complexity index is 528.